The second-order valence-electron chi connectivity index (χ2n) is 3.83. The maximum atomic E-state index is 12.0. The van der Waals surface area contributed by atoms with E-state index >= 15 is 0 Å². The molecule has 0 saturated heterocycles. The van der Waals surface area contributed by atoms with Gasteiger partial charge in [-0.15, -0.1) is 0 Å². The van der Waals surface area contributed by atoms with E-state index in [9.17, 15) is 18.0 Å². The molecule has 1 amide bonds. The van der Waals surface area contributed by atoms with Gasteiger partial charge in [0.1, 0.15) is 10.7 Å². The van der Waals surface area contributed by atoms with E-state index in [-0.39, 0.29) is 29.2 Å². The lowest BCUT2D eigenvalue weighted by atomic mass is 10.2. The van der Waals surface area contributed by atoms with Crippen LogP contribution in [0.25, 0.3) is 0 Å². The maximum Gasteiger partial charge on any atom is 0.269 e. The summed E-state index contributed by atoms with van der Waals surface area (Å²) >= 11 is 0. The molecule has 0 aromatic heterocycles. The van der Waals surface area contributed by atoms with Gasteiger partial charge < -0.3 is 0 Å². The molecule has 0 atom stereocenters. The van der Waals surface area contributed by atoms with E-state index in [1.54, 1.807) is 12.1 Å². The molecule has 6 heteroatoms. The van der Waals surface area contributed by atoms with Crippen molar-refractivity contribution in [1.29, 1.82) is 0 Å². The fraction of sp³-hybridized carbons (Fsp3) is 0.273. The van der Waals surface area contributed by atoms with Crippen LogP contribution in [0.15, 0.2) is 29.2 Å². The van der Waals surface area contributed by atoms with Crippen molar-refractivity contribution in [1.82, 2.24) is 4.31 Å². The third kappa shape index (κ3) is 1.84. The van der Waals surface area contributed by atoms with E-state index in [2.05, 4.69) is 0 Å². The van der Waals surface area contributed by atoms with Crippen molar-refractivity contribution in [3.8, 4) is 0 Å². The zero-order valence-electron chi connectivity index (χ0n) is 9.21. The van der Waals surface area contributed by atoms with Crippen LogP contribution in [-0.2, 0) is 14.8 Å². The minimum atomic E-state index is -3.76. The first-order valence-electron chi connectivity index (χ1n) is 5.10. The zero-order chi connectivity index (χ0) is 12.6. The molecule has 1 heterocycles. The highest BCUT2D eigenvalue weighted by molar-refractivity contribution is 7.90. The average molecular weight is 253 g/mol. The first kappa shape index (κ1) is 11.8. The lowest BCUT2D eigenvalue weighted by molar-refractivity contribution is -0.117. The molecule has 90 valence electrons. The standard InChI is InChI=1S/C11H11NO4S/c1-8(13)6-7-12-11(14)9-4-2-3-5-10(9)17(12,15)16/h2-5H,6-7H2,1H3. The molecule has 1 aliphatic rings. The van der Waals surface area contributed by atoms with Gasteiger partial charge in [-0.25, -0.2) is 12.7 Å². The van der Waals surface area contributed by atoms with Crippen LogP contribution in [0, 0.1) is 0 Å². The second-order valence-corrected chi connectivity index (χ2v) is 5.66. The van der Waals surface area contributed by atoms with Gasteiger partial charge >= 0.3 is 0 Å². The summed E-state index contributed by atoms with van der Waals surface area (Å²) < 4.78 is 24.8. The summed E-state index contributed by atoms with van der Waals surface area (Å²) in [6.07, 6.45) is 0.0406. The number of nitrogens with zero attached hydrogens (tertiary/aromatic N) is 1. The van der Waals surface area contributed by atoms with Crippen LogP contribution in [0.4, 0.5) is 0 Å². The van der Waals surface area contributed by atoms with Crippen LogP contribution < -0.4 is 0 Å². The Kier molecular flexibility index (Phi) is 2.74. The van der Waals surface area contributed by atoms with Crippen LogP contribution in [0.2, 0.25) is 0 Å². The lowest BCUT2D eigenvalue weighted by Gasteiger charge is -2.13. The Morgan fingerprint density at radius 1 is 1.29 bits per heavy atom. The Bertz CT molecular complexity index is 591. The Balaban J connectivity index is 2.41. The second kappa shape index (κ2) is 3.96. The summed E-state index contributed by atoms with van der Waals surface area (Å²) in [5.41, 5.74) is 0.177. The van der Waals surface area contributed by atoms with Crippen molar-refractivity contribution >= 4 is 21.7 Å². The van der Waals surface area contributed by atoms with Crippen molar-refractivity contribution < 1.29 is 18.0 Å². The highest BCUT2D eigenvalue weighted by atomic mass is 32.2. The molecule has 1 aromatic carbocycles. The van der Waals surface area contributed by atoms with Gasteiger partial charge in [-0.1, -0.05) is 12.1 Å². The molecule has 0 radical (unpaired) electrons. The molecule has 1 aromatic rings. The highest BCUT2D eigenvalue weighted by Crippen LogP contribution is 2.29. The number of Topliss-reactive ketones (excluding diaryl/α,β-unsaturated/α-hetero) is 1. The molecule has 1 aliphatic heterocycles. The molecular weight excluding hydrogens is 242 g/mol. The quantitative estimate of drug-likeness (QED) is 0.799. The van der Waals surface area contributed by atoms with E-state index in [1.807, 2.05) is 0 Å². The number of fused-ring (bicyclic) bond motifs is 1. The van der Waals surface area contributed by atoms with Gasteiger partial charge in [0, 0.05) is 13.0 Å². The first-order valence-corrected chi connectivity index (χ1v) is 6.54. The smallest absolute Gasteiger partial charge is 0.269 e. The summed E-state index contributed by atoms with van der Waals surface area (Å²) in [7, 11) is -3.76. The Labute approximate surface area is 99.1 Å². The number of sulfonamides is 1. The van der Waals surface area contributed by atoms with Crippen LogP contribution in [0.1, 0.15) is 23.7 Å². The van der Waals surface area contributed by atoms with Gasteiger partial charge in [-0.05, 0) is 19.1 Å². The van der Waals surface area contributed by atoms with Crippen molar-refractivity contribution in [2.45, 2.75) is 18.2 Å². The number of hydrogen-bond donors (Lipinski definition) is 0. The number of ketones is 1. The summed E-state index contributed by atoms with van der Waals surface area (Å²) in [5, 5.41) is 0. The van der Waals surface area contributed by atoms with Gasteiger partial charge in [0.15, 0.2) is 0 Å². The third-order valence-corrected chi connectivity index (χ3v) is 4.42. The lowest BCUT2D eigenvalue weighted by Crippen LogP contribution is -2.31. The number of carbonyl (C=O) groups is 2. The first-order chi connectivity index (χ1) is 7.94. The summed E-state index contributed by atoms with van der Waals surface area (Å²) in [4.78, 5) is 22.7. The number of rotatable bonds is 3. The molecule has 0 aliphatic carbocycles. The monoisotopic (exact) mass is 253 g/mol. The largest absolute Gasteiger partial charge is 0.300 e. The summed E-state index contributed by atoms with van der Waals surface area (Å²) in [6, 6.07) is 6.05. The molecule has 0 bridgehead atoms. The minimum Gasteiger partial charge on any atom is -0.300 e. The van der Waals surface area contributed by atoms with Crippen LogP contribution >= 0.6 is 0 Å². The number of hydrogen-bond acceptors (Lipinski definition) is 4. The molecular formula is C11H11NO4S. The molecule has 0 spiro atoms. The van der Waals surface area contributed by atoms with Crippen molar-refractivity contribution in [3.63, 3.8) is 0 Å². The molecule has 5 nitrogen and oxygen atoms in total. The van der Waals surface area contributed by atoms with Gasteiger partial charge in [0.25, 0.3) is 15.9 Å². The van der Waals surface area contributed by atoms with Gasteiger partial charge in [0.05, 0.1) is 5.56 Å². The summed E-state index contributed by atoms with van der Waals surface area (Å²) in [5.74, 6) is -0.703. The SMILES string of the molecule is CC(=O)CCN1C(=O)c2ccccc2S1(=O)=O. The minimum absolute atomic E-state index is 0.0218. The molecule has 0 saturated carbocycles. The van der Waals surface area contributed by atoms with Gasteiger partial charge in [-0.3, -0.25) is 9.59 Å². The third-order valence-electron chi connectivity index (χ3n) is 2.58. The molecule has 0 fully saturated rings. The van der Waals surface area contributed by atoms with E-state index in [0.717, 1.165) is 4.31 Å². The van der Waals surface area contributed by atoms with Crippen LogP contribution in [0.5, 0.6) is 0 Å². The summed E-state index contributed by atoms with van der Waals surface area (Å²) in [6.45, 7) is 1.27. The Hall–Kier alpha value is -1.69. The van der Waals surface area contributed by atoms with E-state index in [4.69, 9.17) is 0 Å². The van der Waals surface area contributed by atoms with Crippen molar-refractivity contribution in [2.75, 3.05) is 6.54 Å². The van der Waals surface area contributed by atoms with Gasteiger partial charge in [0.2, 0.25) is 0 Å². The highest BCUT2D eigenvalue weighted by Gasteiger charge is 2.40. The topological polar surface area (TPSA) is 71.5 Å². The average Bonchev–Trinajstić information content (AvgIpc) is 2.46. The fourth-order valence-electron chi connectivity index (χ4n) is 1.71. The fourth-order valence-corrected chi connectivity index (χ4v) is 3.28. The van der Waals surface area contributed by atoms with Crippen molar-refractivity contribution in [2.24, 2.45) is 0 Å². The number of carbonyl (C=O) groups excluding carboxylic acids is 2. The number of amides is 1. The molecule has 17 heavy (non-hydrogen) atoms. The van der Waals surface area contributed by atoms with E-state index in [1.165, 1.54) is 19.1 Å². The van der Waals surface area contributed by atoms with E-state index in [0.29, 0.717) is 0 Å². The van der Waals surface area contributed by atoms with Crippen LogP contribution in [0.3, 0.4) is 0 Å². The molecule has 0 unspecified atom stereocenters. The normalized spacial score (nSPS) is 17.0. The predicted molar refractivity (Wildman–Crippen MR) is 60.0 cm³/mol. The Morgan fingerprint density at radius 2 is 1.94 bits per heavy atom. The van der Waals surface area contributed by atoms with Crippen molar-refractivity contribution in [3.05, 3.63) is 29.8 Å². The molecule has 0 N–H and O–H groups in total. The Morgan fingerprint density at radius 3 is 2.53 bits per heavy atom. The number of benzene rings is 1. The predicted octanol–water partition coefficient (Wildman–Crippen LogP) is 0.810. The van der Waals surface area contributed by atoms with E-state index < -0.39 is 15.9 Å². The van der Waals surface area contributed by atoms with Gasteiger partial charge in [-0.2, -0.15) is 0 Å². The maximum absolute atomic E-state index is 12.0. The van der Waals surface area contributed by atoms with Crippen LogP contribution in [-0.4, -0.2) is 31.0 Å². The zero-order valence-corrected chi connectivity index (χ0v) is 10.0. The molecule has 2 rings (SSSR count).